The number of aliphatic hydroxyl groups is 1. The summed E-state index contributed by atoms with van der Waals surface area (Å²) in [4.78, 5) is 142. The van der Waals surface area contributed by atoms with E-state index in [4.69, 9.17) is 0 Å². The molecule has 19 nitrogen and oxygen atoms in total. The van der Waals surface area contributed by atoms with Gasteiger partial charge in [-0.3, -0.25) is 43.2 Å². The van der Waals surface area contributed by atoms with Gasteiger partial charge >= 0.3 is 0 Å². The Hall–Kier alpha value is -6.37. The fourth-order valence-corrected chi connectivity index (χ4v) is 10.8. The lowest BCUT2D eigenvalue weighted by molar-refractivity contribution is -0.151. The highest BCUT2D eigenvalue weighted by atomic mass is 16.3. The van der Waals surface area contributed by atoms with Gasteiger partial charge in [-0.1, -0.05) is 102 Å². The van der Waals surface area contributed by atoms with Crippen molar-refractivity contribution in [3.63, 3.8) is 0 Å². The first-order valence-corrected chi connectivity index (χ1v) is 27.7. The Morgan fingerprint density at radius 3 is 1.53 bits per heavy atom. The quantitative estimate of drug-likeness (QED) is 0.243. The molecule has 0 aliphatic carbocycles. The van der Waals surface area contributed by atoms with E-state index in [1.54, 1.807) is 53.4 Å². The minimum Gasteiger partial charge on any atom is -0.391 e. The number of carbonyl (C=O) groups is 9. The number of likely N-dealkylation sites (N-methyl/N-ethyl adjacent to an activating group) is 4. The predicted molar refractivity (Wildman–Crippen MR) is 292 cm³/mol. The number of rotatable bonds is 12. The number of benzene rings is 2. The predicted octanol–water partition coefficient (Wildman–Crippen LogP) is 3.16. The van der Waals surface area contributed by atoms with Crippen molar-refractivity contribution in [2.24, 2.45) is 17.8 Å². The highest BCUT2D eigenvalue weighted by Crippen LogP contribution is 2.25. The maximum atomic E-state index is 15.0. The number of fused-ring (bicyclic) bond motifs is 1. The van der Waals surface area contributed by atoms with Gasteiger partial charge in [0.25, 0.3) is 0 Å². The second-order valence-electron chi connectivity index (χ2n) is 22.8. The van der Waals surface area contributed by atoms with Crippen molar-refractivity contribution < 1.29 is 48.3 Å². The molecule has 0 bridgehead atoms. The van der Waals surface area contributed by atoms with Crippen LogP contribution in [-0.2, 0) is 56.0 Å². The number of amides is 9. The van der Waals surface area contributed by atoms with E-state index in [0.717, 1.165) is 19.3 Å². The van der Waals surface area contributed by atoms with Crippen LogP contribution in [0.25, 0.3) is 0 Å². The molecule has 77 heavy (non-hydrogen) atoms. The Labute approximate surface area is 456 Å². The molecule has 3 heterocycles. The molecule has 3 aliphatic rings. The fourth-order valence-electron chi connectivity index (χ4n) is 10.8. The van der Waals surface area contributed by atoms with Crippen molar-refractivity contribution in [3.8, 4) is 0 Å². The molecule has 3 saturated heterocycles. The minimum atomic E-state index is -1.58. The van der Waals surface area contributed by atoms with Gasteiger partial charge < -0.3 is 50.5 Å². The molecule has 0 radical (unpaired) electrons. The summed E-state index contributed by atoms with van der Waals surface area (Å²) in [6.07, 6.45) is 1.46. The smallest absolute Gasteiger partial charge is 0.248 e. The molecule has 2 aromatic carbocycles. The molecule has 9 amide bonds. The third-order valence-corrected chi connectivity index (χ3v) is 15.3. The van der Waals surface area contributed by atoms with Crippen LogP contribution in [0, 0.1) is 17.8 Å². The van der Waals surface area contributed by atoms with Crippen LogP contribution in [0.4, 0.5) is 0 Å². The van der Waals surface area contributed by atoms with Crippen molar-refractivity contribution in [1.82, 2.24) is 45.3 Å². The number of hydrogen-bond acceptors (Lipinski definition) is 10. The molecule has 0 spiro atoms. The van der Waals surface area contributed by atoms with Crippen molar-refractivity contribution in [3.05, 3.63) is 71.8 Å². The molecule has 424 valence electrons. The lowest BCUT2D eigenvalue weighted by atomic mass is 9.96. The fraction of sp³-hybridized carbons (Fsp3) is 0.638. The summed E-state index contributed by atoms with van der Waals surface area (Å²) in [7, 11) is 5.88. The van der Waals surface area contributed by atoms with Gasteiger partial charge in [-0.25, -0.2) is 0 Å². The highest BCUT2D eigenvalue weighted by Gasteiger charge is 2.45. The summed E-state index contributed by atoms with van der Waals surface area (Å²) in [5, 5.41) is 19.9. The molecule has 3 fully saturated rings. The van der Waals surface area contributed by atoms with Gasteiger partial charge in [0.1, 0.15) is 48.3 Å². The van der Waals surface area contributed by atoms with Crippen LogP contribution in [0.5, 0.6) is 0 Å². The van der Waals surface area contributed by atoms with Gasteiger partial charge in [0, 0.05) is 60.7 Å². The van der Waals surface area contributed by atoms with E-state index < -0.39 is 114 Å². The molecule has 2 aromatic rings. The van der Waals surface area contributed by atoms with E-state index in [2.05, 4.69) is 16.0 Å². The van der Waals surface area contributed by atoms with Gasteiger partial charge in [0.05, 0.1) is 12.5 Å². The Morgan fingerprint density at radius 1 is 0.532 bits per heavy atom. The molecule has 3 aliphatic heterocycles. The first-order chi connectivity index (χ1) is 36.4. The van der Waals surface area contributed by atoms with Crippen LogP contribution in [0.15, 0.2) is 60.7 Å². The van der Waals surface area contributed by atoms with E-state index in [1.807, 2.05) is 53.7 Å². The van der Waals surface area contributed by atoms with Gasteiger partial charge in [-0.2, -0.15) is 0 Å². The van der Waals surface area contributed by atoms with Crippen molar-refractivity contribution in [2.75, 3.05) is 47.8 Å². The summed E-state index contributed by atoms with van der Waals surface area (Å²) >= 11 is 0. The first-order valence-electron chi connectivity index (χ1n) is 27.7. The number of nitrogens with one attached hydrogen (secondary N) is 3. The molecule has 19 heteroatoms. The van der Waals surface area contributed by atoms with Crippen LogP contribution in [-0.4, -0.2) is 190 Å². The van der Waals surface area contributed by atoms with E-state index in [0.29, 0.717) is 30.6 Å². The Kier molecular flexibility index (Phi) is 22.6. The number of likely N-dealkylation sites (tertiary alicyclic amines) is 1. The Bertz CT molecular complexity index is 2360. The zero-order valence-corrected chi connectivity index (χ0v) is 47.4. The van der Waals surface area contributed by atoms with Crippen molar-refractivity contribution in [1.29, 1.82) is 0 Å². The molecule has 1 unspecified atom stereocenters. The third kappa shape index (κ3) is 16.3. The van der Waals surface area contributed by atoms with E-state index in [1.165, 1.54) is 59.6 Å². The lowest BCUT2D eigenvalue weighted by Gasteiger charge is -2.37. The summed E-state index contributed by atoms with van der Waals surface area (Å²) in [5.41, 5.74) is 1.37. The second-order valence-corrected chi connectivity index (χ2v) is 22.8. The maximum absolute atomic E-state index is 15.0. The largest absolute Gasteiger partial charge is 0.391 e. The van der Waals surface area contributed by atoms with Gasteiger partial charge in [-0.05, 0) is 87.2 Å². The molecular weight excluding hydrogens is 983 g/mol. The molecule has 4 N–H and O–H groups in total. The van der Waals surface area contributed by atoms with Gasteiger partial charge in [-0.15, -0.1) is 0 Å². The topological polar surface area (TPSA) is 229 Å². The van der Waals surface area contributed by atoms with Gasteiger partial charge in [0.15, 0.2) is 0 Å². The second kappa shape index (κ2) is 28.3. The number of aliphatic hydroxyl groups excluding tert-OH is 1. The van der Waals surface area contributed by atoms with E-state index in [-0.39, 0.29) is 62.8 Å². The van der Waals surface area contributed by atoms with Crippen LogP contribution in [0.2, 0.25) is 0 Å². The molecular formula is C58H87N9O10. The number of piperidine rings is 1. The molecule has 9 atom stereocenters. The van der Waals surface area contributed by atoms with Crippen molar-refractivity contribution in [2.45, 2.75) is 174 Å². The zero-order chi connectivity index (χ0) is 56.8. The van der Waals surface area contributed by atoms with E-state index >= 15 is 4.79 Å². The normalized spacial score (nSPS) is 26.2. The van der Waals surface area contributed by atoms with Crippen LogP contribution >= 0.6 is 0 Å². The minimum absolute atomic E-state index is 0.00407. The highest BCUT2D eigenvalue weighted by molar-refractivity contribution is 5.99. The Morgan fingerprint density at radius 2 is 1.01 bits per heavy atom. The molecule has 0 aromatic heterocycles. The van der Waals surface area contributed by atoms with Crippen molar-refractivity contribution >= 4 is 53.2 Å². The summed E-state index contributed by atoms with van der Waals surface area (Å²) in [6.45, 7) is 13.6. The number of nitrogens with zero attached hydrogens (tertiary/aromatic N) is 6. The molecule has 5 rings (SSSR count). The zero-order valence-electron chi connectivity index (χ0n) is 47.4. The monoisotopic (exact) mass is 1070 g/mol. The van der Waals surface area contributed by atoms with E-state index in [9.17, 15) is 43.5 Å². The van der Waals surface area contributed by atoms with Crippen LogP contribution in [0.3, 0.4) is 0 Å². The maximum Gasteiger partial charge on any atom is 0.248 e. The first kappa shape index (κ1) is 61.5. The Balaban J connectivity index is 1.67. The van der Waals surface area contributed by atoms with Crippen LogP contribution in [0.1, 0.15) is 117 Å². The average molecular weight is 1070 g/mol. The average Bonchev–Trinajstić information content (AvgIpc) is 3.90. The van der Waals surface area contributed by atoms with Crippen LogP contribution < -0.4 is 16.0 Å². The molecule has 0 saturated carbocycles. The van der Waals surface area contributed by atoms with Gasteiger partial charge in [0.2, 0.25) is 53.2 Å². The standard InChI is InChI=1S/C58H87N9O10/c1-36(2)30-42-54(73)63(9)47(34-41-24-17-13-18-25-41)53(72)61-50(39(7)68)58(77)67-29-21-26-44(67)56(75)65(11)46(33-40-22-15-12-16-23-40)52(71)60-43(55(74)66-27-19-14-20-28-66)35-49(69)62(8)48(32-38(5)6)57(76)64(10)45(31-37(3)4)51(70)59-42/h12-13,15-18,22-25,36-39,42-48,50,68H,14,19-21,26-35H2,1-11H3,(H,59,70)(H,60,71)(H,61,72)/t39-,42+,43+,44?,45+,46+,47+,48+,50+/m1/s1. The number of hydrogen-bond donors (Lipinski definition) is 4. The lowest BCUT2D eigenvalue weighted by Crippen LogP contribution is -2.62. The summed E-state index contributed by atoms with van der Waals surface area (Å²) < 4.78 is 0. The number of carbonyl (C=O) groups excluding carboxylic acids is 9. The SMILES string of the molecule is CC(C)C[C@@H]1NC(=O)[C@H](CC(C)C)N(C)C(=O)[C@H](CC(C)C)N(C)C(=O)C[C@@H](C(=O)N2CCCCC2)NC(=O)[C@H](Cc2ccccc2)N(C)C(=O)C2CCCN2C(=O)[C@H]([C@@H](C)O)NC(=O)[C@H](Cc2ccccc2)N(C)C1=O. The summed E-state index contributed by atoms with van der Waals surface area (Å²) in [5.74, 6) is -6.07. The third-order valence-electron chi connectivity index (χ3n) is 15.3. The summed E-state index contributed by atoms with van der Waals surface area (Å²) in [6, 6.07) is 7.93.